The summed E-state index contributed by atoms with van der Waals surface area (Å²) in [6, 6.07) is 32.1. The Morgan fingerprint density at radius 3 is 2.39 bits per heavy atom. The highest BCUT2D eigenvalue weighted by atomic mass is 35.5. The molecular weight excluding hydrogens is 532 g/mol. The Kier molecular flexibility index (Phi) is 7.45. The van der Waals surface area contributed by atoms with E-state index in [9.17, 15) is 9.59 Å². The molecule has 0 bridgehead atoms. The van der Waals surface area contributed by atoms with E-state index >= 15 is 0 Å². The van der Waals surface area contributed by atoms with Crippen LogP contribution in [-0.2, 0) is 9.59 Å². The number of nitrogens with zero attached hydrogens (tertiary/aromatic N) is 1. The predicted octanol–water partition coefficient (Wildman–Crippen LogP) is 7.96. The van der Waals surface area contributed by atoms with Gasteiger partial charge < -0.3 is 10.1 Å². The number of methoxy groups -OCH3 is 1. The lowest BCUT2D eigenvalue weighted by molar-refractivity contribution is -0.116. The van der Waals surface area contributed by atoms with Crippen LogP contribution >= 0.6 is 11.6 Å². The molecule has 1 amide bonds. The van der Waals surface area contributed by atoms with Gasteiger partial charge in [0.05, 0.1) is 24.5 Å². The Morgan fingerprint density at radius 1 is 0.902 bits per heavy atom. The number of ether oxygens (including phenoxy) is 1. The van der Waals surface area contributed by atoms with Crippen molar-refractivity contribution in [3.63, 3.8) is 0 Å². The summed E-state index contributed by atoms with van der Waals surface area (Å²) in [4.78, 5) is 30.1. The second-order valence-corrected chi connectivity index (χ2v) is 10.7. The van der Waals surface area contributed by atoms with Gasteiger partial charge in [0.1, 0.15) is 5.75 Å². The van der Waals surface area contributed by atoms with Gasteiger partial charge >= 0.3 is 0 Å². The van der Waals surface area contributed by atoms with E-state index in [4.69, 9.17) is 16.3 Å². The van der Waals surface area contributed by atoms with Crippen molar-refractivity contribution in [2.75, 3.05) is 17.3 Å². The van der Waals surface area contributed by atoms with Crippen molar-refractivity contribution in [2.45, 2.75) is 24.8 Å². The fourth-order valence-corrected chi connectivity index (χ4v) is 5.93. The zero-order chi connectivity index (χ0) is 28.3. The zero-order valence-corrected chi connectivity index (χ0v) is 23.3. The van der Waals surface area contributed by atoms with Crippen molar-refractivity contribution in [1.29, 1.82) is 0 Å². The van der Waals surface area contributed by atoms with Gasteiger partial charge in [0.15, 0.2) is 5.78 Å². The highest BCUT2D eigenvalue weighted by Gasteiger charge is 2.41. The van der Waals surface area contributed by atoms with Crippen LogP contribution in [0.5, 0.6) is 5.75 Å². The van der Waals surface area contributed by atoms with Crippen LogP contribution in [0, 0.1) is 0 Å². The van der Waals surface area contributed by atoms with Crippen LogP contribution < -0.4 is 15.0 Å². The maximum absolute atomic E-state index is 14.2. The summed E-state index contributed by atoms with van der Waals surface area (Å²) in [6.07, 6.45) is 4.33. The number of hydrogen-bond donors (Lipinski definition) is 1. The summed E-state index contributed by atoms with van der Waals surface area (Å²) in [6.45, 7) is 0. The van der Waals surface area contributed by atoms with Gasteiger partial charge in [-0.25, -0.2) is 0 Å². The fourth-order valence-electron chi connectivity index (χ4n) is 5.76. The van der Waals surface area contributed by atoms with Crippen LogP contribution in [0.15, 0.2) is 120 Å². The number of fused-ring (bicyclic) bond motifs is 1. The van der Waals surface area contributed by atoms with Gasteiger partial charge in [-0.15, -0.1) is 0 Å². The van der Waals surface area contributed by atoms with E-state index in [0.29, 0.717) is 40.6 Å². The normalized spacial score (nSPS) is 18.4. The lowest BCUT2D eigenvalue weighted by Gasteiger charge is -2.34. The number of carbonyl (C=O) groups excluding carboxylic acids is 2. The standard InChI is InChI=1S/C35H29ClN2O3/c1-41-28-14-8-13-25(19-28)35-34-30(20-26(21-32(34)39)24-11-6-3-7-12-24)37-29-22-27(36)16-17-31(29)38(35)33(40)18-15-23-9-4-2-5-10-23/h2-19,22,26,35,37H,20-21H2,1H3/b18-15+/t26-,35+/m0/s1. The van der Waals surface area contributed by atoms with Crippen LogP contribution in [0.3, 0.4) is 0 Å². The third kappa shape index (κ3) is 5.41. The molecular formula is C35H29ClN2O3. The largest absolute Gasteiger partial charge is 0.497 e. The molecule has 41 heavy (non-hydrogen) atoms. The van der Waals surface area contributed by atoms with E-state index in [0.717, 1.165) is 22.4 Å². The molecule has 6 rings (SSSR count). The first-order valence-electron chi connectivity index (χ1n) is 13.6. The minimum absolute atomic E-state index is 0.00386. The van der Waals surface area contributed by atoms with Gasteiger partial charge in [-0.3, -0.25) is 14.5 Å². The maximum Gasteiger partial charge on any atom is 0.251 e. The number of allylic oxidation sites excluding steroid dienone is 1. The Bertz CT molecular complexity index is 1660. The highest BCUT2D eigenvalue weighted by Crippen LogP contribution is 2.48. The summed E-state index contributed by atoms with van der Waals surface area (Å²) >= 11 is 6.46. The molecule has 5 nitrogen and oxygen atoms in total. The van der Waals surface area contributed by atoms with Gasteiger partial charge in [0, 0.05) is 28.8 Å². The number of halogens is 1. The summed E-state index contributed by atoms with van der Waals surface area (Å²) < 4.78 is 5.55. The summed E-state index contributed by atoms with van der Waals surface area (Å²) in [5.74, 6) is 0.419. The van der Waals surface area contributed by atoms with Gasteiger partial charge in [-0.05, 0) is 65.4 Å². The zero-order valence-electron chi connectivity index (χ0n) is 22.6. The van der Waals surface area contributed by atoms with Gasteiger partial charge in [-0.1, -0.05) is 84.4 Å². The van der Waals surface area contributed by atoms with E-state index in [1.165, 1.54) is 0 Å². The molecule has 2 atom stereocenters. The molecule has 6 heteroatoms. The second-order valence-electron chi connectivity index (χ2n) is 10.2. The van der Waals surface area contributed by atoms with E-state index < -0.39 is 6.04 Å². The molecule has 204 valence electrons. The molecule has 0 saturated heterocycles. The average Bonchev–Trinajstić information content (AvgIpc) is 3.15. The average molecular weight is 561 g/mol. The lowest BCUT2D eigenvalue weighted by atomic mass is 9.78. The summed E-state index contributed by atoms with van der Waals surface area (Å²) in [7, 11) is 1.61. The summed E-state index contributed by atoms with van der Waals surface area (Å²) in [5, 5.41) is 4.08. The Hall–Kier alpha value is -4.61. The van der Waals surface area contributed by atoms with Crippen molar-refractivity contribution < 1.29 is 14.3 Å². The fraction of sp³-hybridized carbons (Fsp3) is 0.143. The number of Topliss-reactive ketones (excluding diaryl/α,β-unsaturated/α-hetero) is 1. The quantitative estimate of drug-likeness (QED) is 0.251. The van der Waals surface area contributed by atoms with E-state index in [1.807, 2.05) is 84.9 Å². The minimum Gasteiger partial charge on any atom is -0.497 e. The molecule has 1 aliphatic carbocycles. The first-order valence-corrected chi connectivity index (χ1v) is 14.0. The predicted molar refractivity (Wildman–Crippen MR) is 164 cm³/mol. The van der Waals surface area contributed by atoms with Crippen molar-refractivity contribution >= 4 is 40.7 Å². The minimum atomic E-state index is -0.674. The number of anilines is 2. The molecule has 0 spiro atoms. The SMILES string of the molecule is COc1cccc([C@@H]2C3=C(C[C@H](c4ccccc4)CC3=O)Nc3cc(Cl)ccc3N2C(=O)/C=C/c2ccccc2)c1. The molecule has 1 aliphatic heterocycles. The lowest BCUT2D eigenvalue weighted by Crippen LogP contribution is -2.37. The van der Waals surface area contributed by atoms with Crippen molar-refractivity contribution in [2.24, 2.45) is 0 Å². The van der Waals surface area contributed by atoms with Crippen molar-refractivity contribution in [3.8, 4) is 5.75 Å². The van der Waals surface area contributed by atoms with Gasteiger partial charge in [0.2, 0.25) is 0 Å². The Morgan fingerprint density at radius 2 is 1.63 bits per heavy atom. The van der Waals surface area contributed by atoms with E-state index in [-0.39, 0.29) is 17.6 Å². The van der Waals surface area contributed by atoms with Crippen molar-refractivity contribution in [1.82, 2.24) is 0 Å². The topological polar surface area (TPSA) is 58.6 Å². The van der Waals surface area contributed by atoms with Gasteiger partial charge in [-0.2, -0.15) is 0 Å². The molecule has 4 aromatic carbocycles. The number of rotatable bonds is 5. The van der Waals surface area contributed by atoms with Crippen molar-refractivity contribution in [3.05, 3.63) is 142 Å². The van der Waals surface area contributed by atoms with Crippen LogP contribution in [0.4, 0.5) is 11.4 Å². The molecule has 4 aromatic rings. The van der Waals surface area contributed by atoms with Gasteiger partial charge in [0.25, 0.3) is 5.91 Å². The van der Waals surface area contributed by atoms with Crippen LogP contribution in [0.1, 0.15) is 41.5 Å². The molecule has 1 heterocycles. The third-order valence-corrected chi connectivity index (χ3v) is 7.91. The Labute approximate surface area is 244 Å². The molecule has 0 fully saturated rings. The third-order valence-electron chi connectivity index (χ3n) is 7.68. The molecule has 2 aliphatic rings. The number of carbonyl (C=O) groups is 2. The number of nitrogens with one attached hydrogen (secondary N) is 1. The first kappa shape index (κ1) is 26.6. The first-order chi connectivity index (χ1) is 20.0. The monoisotopic (exact) mass is 560 g/mol. The van der Waals surface area contributed by atoms with E-state index in [1.54, 1.807) is 30.2 Å². The smallest absolute Gasteiger partial charge is 0.251 e. The molecule has 0 aromatic heterocycles. The Balaban J connectivity index is 1.54. The van der Waals surface area contributed by atoms with Crippen LogP contribution in [0.25, 0.3) is 6.08 Å². The number of benzene rings is 4. The highest BCUT2D eigenvalue weighted by molar-refractivity contribution is 6.31. The molecule has 0 saturated carbocycles. The number of ketones is 1. The number of hydrogen-bond acceptors (Lipinski definition) is 4. The second kappa shape index (κ2) is 11.5. The van der Waals surface area contributed by atoms with E-state index in [2.05, 4.69) is 17.4 Å². The van der Waals surface area contributed by atoms with Crippen LogP contribution in [-0.4, -0.2) is 18.8 Å². The molecule has 0 unspecified atom stereocenters. The number of amides is 1. The maximum atomic E-state index is 14.2. The molecule has 1 N–H and O–H groups in total. The molecule has 0 radical (unpaired) electrons. The van der Waals surface area contributed by atoms with Crippen LogP contribution in [0.2, 0.25) is 5.02 Å². The summed E-state index contributed by atoms with van der Waals surface area (Å²) in [5.41, 5.74) is 5.51.